The molecule has 0 fully saturated rings. The molecule has 0 radical (unpaired) electrons. The number of hydrogen-bond donors (Lipinski definition) is 1. The lowest BCUT2D eigenvalue weighted by molar-refractivity contribution is 0.0527. The van der Waals surface area contributed by atoms with E-state index in [1.165, 1.54) is 0 Å². The first kappa shape index (κ1) is 14.1. The number of benzene rings is 1. The Labute approximate surface area is 118 Å². The Kier molecular flexibility index (Phi) is 4.71. The van der Waals surface area contributed by atoms with E-state index in [-0.39, 0.29) is 12.0 Å². The maximum absolute atomic E-state index is 11.9. The molecule has 0 spiro atoms. The van der Waals surface area contributed by atoms with Gasteiger partial charge in [-0.25, -0.2) is 9.78 Å². The van der Waals surface area contributed by atoms with E-state index >= 15 is 0 Å². The molecule has 1 aromatic heterocycles. The van der Waals surface area contributed by atoms with Gasteiger partial charge < -0.3 is 10.1 Å². The van der Waals surface area contributed by atoms with E-state index in [0.717, 1.165) is 5.56 Å². The van der Waals surface area contributed by atoms with Gasteiger partial charge in [0.2, 0.25) is 0 Å². The molecule has 1 heterocycles. The van der Waals surface area contributed by atoms with Crippen LogP contribution in [0.1, 0.15) is 35.8 Å². The van der Waals surface area contributed by atoms with Crippen molar-refractivity contribution in [3.63, 3.8) is 0 Å². The van der Waals surface area contributed by atoms with Crippen LogP contribution >= 0.6 is 0 Å². The quantitative estimate of drug-likeness (QED) is 0.846. The van der Waals surface area contributed by atoms with Gasteiger partial charge in [0.05, 0.1) is 6.61 Å². The average Bonchev–Trinajstić information content (AvgIpc) is 2.49. The zero-order valence-corrected chi connectivity index (χ0v) is 11.7. The summed E-state index contributed by atoms with van der Waals surface area (Å²) in [5.74, 6) is 0.186. The molecule has 0 saturated heterocycles. The highest BCUT2D eigenvalue weighted by molar-refractivity contribution is 5.94. The number of carbonyl (C=O) groups is 1. The molecule has 0 aliphatic rings. The molecule has 0 saturated carbocycles. The van der Waals surface area contributed by atoms with Gasteiger partial charge in [-0.05, 0) is 31.5 Å². The van der Waals surface area contributed by atoms with E-state index in [0.29, 0.717) is 18.0 Å². The van der Waals surface area contributed by atoms with Crippen molar-refractivity contribution in [3.8, 4) is 0 Å². The molecule has 4 nitrogen and oxygen atoms in total. The predicted molar refractivity (Wildman–Crippen MR) is 78.7 cm³/mol. The van der Waals surface area contributed by atoms with Crippen LogP contribution in [0.3, 0.4) is 0 Å². The zero-order valence-electron chi connectivity index (χ0n) is 11.7. The van der Waals surface area contributed by atoms with Crippen molar-refractivity contribution in [1.82, 2.24) is 4.98 Å². The van der Waals surface area contributed by atoms with Gasteiger partial charge in [-0.1, -0.05) is 30.3 Å². The second-order valence-electron chi connectivity index (χ2n) is 4.40. The summed E-state index contributed by atoms with van der Waals surface area (Å²) in [7, 11) is 0. The summed E-state index contributed by atoms with van der Waals surface area (Å²) < 4.78 is 5.04. The highest BCUT2D eigenvalue weighted by Gasteiger charge is 2.15. The topological polar surface area (TPSA) is 51.2 Å². The van der Waals surface area contributed by atoms with Gasteiger partial charge in [0.25, 0.3) is 0 Å². The molecule has 0 aliphatic heterocycles. The minimum atomic E-state index is -0.358. The summed E-state index contributed by atoms with van der Waals surface area (Å²) in [6.45, 7) is 4.16. The normalized spacial score (nSPS) is 11.7. The van der Waals surface area contributed by atoms with Crippen molar-refractivity contribution >= 4 is 11.8 Å². The van der Waals surface area contributed by atoms with Gasteiger partial charge in [0.15, 0.2) is 0 Å². The fourth-order valence-electron chi connectivity index (χ4n) is 1.92. The van der Waals surface area contributed by atoms with Gasteiger partial charge in [-0.3, -0.25) is 0 Å². The molecule has 104 valence electrons. The van der Waals surface area contributed by atoms with Crippen molar-refractivity contribution in [2.24, 2.45) is 0 Å². The maximum Gasteiger partial charge on any atom is 0.341 e. The van der Waals surface area contributed by atoms with Crippen LogP contribution in [0.4, 0.5) is 5.82 Å². The Morgan fingerprint density at radius 2 is 2.00 bits per heavy atom. The van der Waals surface area contributed by atoms with Crippen molar-refractivity contribution in [2.45, 2.75) is 19.9 Å². The monoisotopic (exact) mass is 270 g/mol. The van der Waals surface area contributed by atoms with Crippen molar-refractivity contribution in [2.75, 3.05) is 11.9 Å². The molecule has 0 unspecified atom stereocenters. The third-order valence-electron chi connectivity index (χ3n) is 2.96. The summed E-state index contributed by atoms with van der Waals surface area (Å²) in [6.07, 6.45) is 1.66. The predicted octanol–water partition coefficient (Wildman–Crippen LogP) is 3.43. The molecule has 2 aromatic rings. The van der Waals surface area contributed by atoms with Crippen LogP contribution in [-0.2, 0) is 4.74 Å². The fourth-order valence-corrected chi connectivity index (χ4v) is 1.92. The smallest absolute Gasteiger partial charge is 0.341 e. The third kappa shape index (κ3) is 3.35. The molecule has 0 amide bonds. The summed E-state index contributed by atoms with van der Waals surface area (Å²) in [5.41, 5.74) is 1.59. The van der Waals surface area contributed by atoms with E-state index in [9.17, 15) is 4.79 Å². The number of hydrogen-bond acceptors (Lipinski definition) is 4. The minimum Gasteiger partial charge on any atom is -0.462 e. The van der Waals surface area contributed by atoms with Crippen LogP contribution in [0, 0.1) is 0 Å². The summed E-state index contributed by atoms with van der Waals surface area (Å²) >= 11 is 0. The largest absolute Gasteiger partial charge is 0.462 e. The number of nitrogens with one attached hydrogen (secondary N) is 1. The number of pyridine rings is 1. The number of carbonyl (C=O) groups excluding carboxylic acids is 1. The Morgan fingerprint density at radius 3 is 2.70 bits per heavy atom. The molecular formula is C16H18N2O2. The van der Waals surface area contributed by atoms with E-state index < -0.39 is 0 Å². The summed E-state index contributed by atoms with van der Waals surface area (Å²) in [4.78, 5) is 16.1. The average molecular weight is 270 g/mol. The molecule has 0 bridgehead atoms. The van der Waals surface area contributed by atoms with Gasteiger partial charge in [0, 0.05) is 12.2 Å². The third-order valence-corrected chi connectivity index (χ3v) is 2.96. The molecule has 20 heavy (non-hydrogen) atoms. The van der Waals surface area contributed by atoms with Crippen LogP contribution in [0.15, 0.2) is 48.7 Å². The second-order valence-corrected chi connectivity index (χ2v) is 4.40. The van der Waals surface area contributed by atoms with Crippen LogP contribution in [0.5, 0.6) is 0 Å². The van der Waals surface area contributed by atoms with Crippen LogP contribution in [0.2, 0.25) is 0 Å². The first-order valence-corrected chi connectivity index (χ1v) is 6.66. The van der Waals surface area contributed by atoms with E-state index in [1.807, 2.05) is 37.3 Å². The lowest BCUT2D eigenvalue weighted by Crippen LogP contribution is -2.13. The number of esters is 1. The first-order valence-electron chi connectivity index (χ1n) is 6.66. The molecule has 1 N–H and O–H groups in total. The van der Waals surface area contributed by atoms with E-state index in [2.05, 4.69) is 10.3 Å². The molecule has 1 atom stereocenters. The number of nitrogens with zero attached hydrogens (tertiary/aromatic N) is 1. The van der Waals surface area contributed by atoms with Gasteiger partial charge >= 0.3 is 5.97 Å². The Morgan fingerprint density at radius 1 is 1.25 bits per heavy atom. The van der Waals surface area contributed by atoms with Crippen LogP contribution < -0.4 is 5.32 Å². The van der Waals surface area contributed by atoms with Crippen molar-refractivity contribution < 1.29 is 9.53 Å². The van der Waals surface area contributed by atoms with Crippen LogP contribution in [0.25, 0.3) is 0 Å². The number of aromatic nitrogens is 1. The first-order chi connectivity index (χ1) is 9.72. The van der Waals surface area contributed by atoms with E-state index in [4.69, 9.17) is 4.74 Å². The SMILES string of the molecule is CCOC(=O)c1cccnc1N[C@@H](C)c1ccccc1. The zero-order chi connectivity index (χ0) is 14.4. The molecule has 0 aliphatic carbocycles. The lowest BCUT2D eigenvalue weighted by Gasteiger charge is -2.16. The number of ether oxygens (including phenoxy) is 1. The van der Waals surface area contributed by atoms with Crippen molar-refractivity contribution in [1.29, 1.82) is 0 Å². The molecule has 4 heteroatoms. The Bertz CT molecular complexity index is 570. The maximum atomic E-state index is 11.9. The molecule has 2 rings (SSSR count). The lowest BCUT2D eigenvalue weighted by atomic mass is 10.1. The highest BCUT2D eigenvalue weighted by atomic mass is 16.5. The van der Waals surface area contributed by atoms with Crippen LogP contribution in [-0.4, -0.2) is 17.6 Å². The number of rotatable bonds is 5. The van der Waals surface area contributed by atoms with Crippen molar-refractivity contribution in [3.05, 3.63) is 59.8 Å². The Hall–Kier alpha value is -2.36. The second kappa shape index (κ2) is 6.70. The summed E-state index contributed by atoms with van der Waals surface area (Å²) in [5, 5.41) is 3.25. The molecule has 1 aromatic carbocycles. The van der Waals surface area contributed by atoms with Gasteiger partial charge in [0.1, 0.15) is 11.4 Å². The minimum absolute atomic E-state index is 0.0549. The van der Waals surface area contributed by atoms with E-state index in [1.54, 1.807) is 25.3 Å². The summed E-state index contributed by atoms with van der Waals surface area (Å²) in [6, 6.07) is 13.5. The Balaban J connectivity index is 2.19. The van der Waals surface area contributed by atoms with Gasteiger partial charge in [-0.2, -0.15) is 0 Å². The molecular weight excluding hydrogens is 252 g/mol. The van der Waals surface area contributed by atoms with Gasteiger partial charge in [-0.15, -0.1) is 0 Å². The number of anilines is 1. The highest BCUT2D eigenvalue weighted by Crippen LogP contribution is 2.20. The standard InChI is InChI=1S/C16H18N2O2/c1-3-20-16(19)14-10-7-11-17-15(14)18-12(2)13-8-5-4-6-9-13/h4-12H,3H2,1-2H3,(H,17,18)/t12-/m0/s1. The fraction of sp³-hybridized carbons (Fsp3) is 0.250.